The third-order valence-electron chi connectivity index (χ3n) is 3.64. The zero-order chi connectivity index (χ0) is 15.3. The minimum Gasteiger partial charge on any atom is -0.496 e. The van der Waals surface area contributed by atoms with Gasteiger partial charge in [0.05, 0.1) is 19.8 Å². The lowest BCUT2D eigenvalue weighted by Crippen LogP contribution is -2.26. The van der Waals surface area contributed by atoms with E-state index in [1.807, 2.05) is 18.2 Å². The maximum absolute atomic E-state index is 5.86. The monoisotopic (exact) mass is 293 g/mol. The Hall–Kier alpha value is -1.06. The number of nitrogens with one attached hydrogen (secondary N) is 1. The number of hydrogen-bond donors (Lipinski definition) is 1. The Labute approximate surface area is 130 Å². The van der Waals surface area contributed by atoms with E-state index in [1.165, 1.54) is 31.2 Å². The fourth-order valence-electron chi connectivity index (χ4n) is 2.47. The smallest absolute Gasteiger partial charge is 0.123 e. The van der Waals surface area contributed by atoms with Crippen molar-refractivity contribution >= 4 is 0 Å². The van der Waals surface area contributed by atoms with Crippen molar-refractivity contribution in [3.05, 3.63) is 29.8 Å². The van der Waals surface area contributed by atoms with Crippen molar-refractivity contribution in [2.24, 2.45) is 0 Å². The van der Waals surface area contributed by atoms with Gasteiger partial charge in [0.1, 0.15) is 5.75 Å². The van der Waals surface area contributed by atoms with Crippen molar-refractivity contribution in [1.29, 1.82) is 0 Å². The van der Waals surface area contributed by atoms with Crippen LogP contribution >= 0.6 is 0 Å². The van der Waals surface area contributed by atoms with Crippen LogP contribution < -0.4 is 10.1 Å². The van der Waals surface area contributed by atoms with Gasteiger partial charge in [0.2, 0.25) is 0 Å². The molecule has 1 rings (SSSR count). The van der Waals surface area contributed by atoms with E-state index in [9.17, 15) is 0 Å². The van der Waals surface area contributed by atoms with Crippen LogP contribution in [0.2, 0.25) is 0 Å². The molecule has 0 radical (unpaired) electrons. The first-order valence-corrected chi connectivity index (χ1v) is 8.27. The Morgan fingerprint density at radius 3 is 2.52 bits per heavy atom. The number of rotatable bonds is 12. The minimum absolute atomic E-state index is 0.196. The second-order valence-electron chi connectivity index (χ2n) is 5.34. The Bertz CT molecular complexity index is 368. The number of likely N-dealkylation sites (N-methyl/N-ethyl adjacent to an activating group) is 1. The minimum atomic E-state index is 0.196. The van der Waals surface area contributed by atoms with Gasteiger partial charge in [-0.3, -0.25) is 0 Å². The summed E-state index contributed by atoms with van der Waals surface area (Å²) in [5.74, 6) is 0.926. The van der Waals surface area contributed by atoms with Gasteiger partial charge < -0.3 is 14.8 Å². The SMILES string of the molecule is CCCCCCCOCC(NCC)c1ccccc1OC. The van der Waals surface area contributed by atoms with Crippen LogP contribution in [0.5, 0.6) is 5.75 Å². The molecule has 0 amide bonds. The van der Waals surface area contributed by atoms with Gasteiger partial charge >= 0.3 is 0 Å². The number of ether oxygens (including phenoxy) is 2. The molecule has 0 aliphatic carbocycles. The lowest BCUT2D eigenvalue weighted by Gasteiger charge is -2.20. The Morgan fingerprint density at radius 1 is 1.05 bits per heavy atom. The van der Waals surface area contributed by atoms with Gasteiger partial charge in [0, 0.05) is 12.2 Å². The Kier molecular flexibility index (Phi) is 9.92. The van der Waals surface area contributed by atoms with E-state index in [0.717, 1.165) is 25.3 Å². The number of methoxy groups -OCH3 is 1. The summed E-state index contributed by atoms with van der Waals surface area (Å²) in [5, 5.41) is 3.48. The lowest BCUT2D eigenvalue weighted by molar-refractivity contribution is 0.107. The molecule has 3 nitrogen and oxygen atoms in total. The standard InChI is InChI=1S/C18H31NO2/c1-4-6-7-8-11-14-21-15-17(19-5-2)16-12-9-10-13-18(16)20-3/h9-10,12-13,17,19H,4-8,11,14-15H2,1-3H3. The van der Waals surface area contributed by atoms with E-state index in [2.05, 4.69) is 25.2 Å². The molecule has 21 heavy (non-hydrogen) atoms. The summed E-state index contributed by atoms with van der Waals surface area (Å²) >= 11 is 0. The predicted molar refractivity (Wildman–Crippen MR) is 89.0 cm³/mol. The summed E-state index contributed by atoms with van der Waals surface area (Å²) in [5.41, 5.74) is 1.17. The van der Waals surface area contributed by atoms with Crippen LogP contribution in [-0.4, -0.2) is 26.9 Å². The van der Waals surface area contributed by atoms with Crippen molar-refractivity contribution in [2.75, 3.05) is 26.9 Å². The molecule has 0 fully saturated rings. The van der Waals surface area contributed by atoms with Crippen molar-refractivity contribution in [3.8, 4) is 5.75 Å². The van der Waals surface area contributed by atoms with E-state index in [4.69, 9.17) is 9.47 Å². The normalized spacial score (nSPS) is 12.3. The van der Waals surface area contributed by atoms with Crippen LogP contribution in [0, 0.1) is 0 Å². The lowest BCUT2D eigenvalue weighted by atomic mass is 10.1. The molecule has 0 spiro atoms. The summed E-state index contributed by atoms with van der Waals surface area (Å²) < 4.78 is 11.3. The number of unbranched alkanes of at least 4 members (excludes halogenated alkanes) is 4. The van der Waals surface area contributed by atoms with Gasteiger partial charge in [-0.15, -0.1) is 0 Å². The quantitative estimate of drug-likeness (QED) is 0.582. The van der Waals surface area contributed by atoms with Gasteiger partial charge in [-0.1, -0.05) is 57.7 Å². The first kappa shape index (κ1) is 18.0. The highest BCUT2D eigenvalue weighted by molar-refractivity contribution is 5.35. The molecule has 0 bridgehead atoms. The molecule has 3 heteroatoms. The molecule has 1 unspecified atom stereocenters. The third kappa shape index (κ3) is 6.96. The van der Waals surface area contributed by atoms with Gasteiger partial charge in [-0.25, -0.2) is 0 Å². The molecule has 0 saturated heterocycles. The van der Waals surface area contributed by atoms with Crippen molar-refractivity contribution in [3.63, 3.8) is 0 Å². The second kappa shape index (κ2) is 11.6. The van der Waals surface area contributed by atoms with E-state index in [1.54, 1.807) is 7.11 Å². The Morgan fingerprint density at radius 2 is 1.81 bits per heavy atom. The first-order chi connectivity index (χ1) is 10.3. The maximum atomic E-state index is 5.86. The van der Waals surface area contributed by atoms with Gasteiger partial charge in [0.25, 0.3) is 0 Å². The molecule has 1 N–H and O–H groups in total. The fraction of sp³-hybridized carbons (Fsp3) is 0.667. The molecular formula is C18H31NO2. The van der Waals surface area contributed by atoms with Crippen LogP contribution in [-0.2, 0) is 4.74 Å². The second-order valence-corrected chi connectivity index (χ2v) is 5.34. The van der Waals surface area contributed by atoms with Gasteiger partial charge in [-0.05, 0) is 19.0 Å². The highest BCUT2D eigenvalue weighted by Crippen LogP contribution is 2.25. The van der Waals surface area contributed by atoms with E-state index < -0.39 is 0 Å². The van der Waals surface area contributed by atoms with Gasteiger partial charge in [0.15, 0.2) is 0 Å². The fourth-order valence-corrected chi connectivity index (χ4v) is 2.47. The zero-order valence-electron chi connectivity index (χ0n) is 13.9. The van der Waals surface area contributed by atoms with Crippen molar-refractivity contribution < 1.29 is 9.47 Å². The van der Waals surface area contributed by atoms with Crippen LogP contribution in [0.25, 0.3) is 0 Å². The topological polar surface area (TPSA) is 30.5 Å². The number of para-hydroxylation sites is 1. The van der Waals surface area contributed by atoms with Crippen LogP contribution in [0.3, 0.4) is 0 Å². The molecule has 1 aromatic carbocycles. The molecule has 1 atom stereocenters. The summed E-state index contributed by atoms with van der Waals surface area (Å²) in [6.45, 7) is 6.82. The molecule has 0 aliphatic rings. The molecule has 0 aliphatic heterocycles. The van der Waals surface area contributed by atoms with E-state index in [-0.39, 0.29) is 6.04 Å². The molecule has 0 heterocycles. The van der Waals surface area contributed by atoms with E-state index >= 15 is 0 Å². The predicted octanol–water partition coefficient (Wildman–Crippen LogP) is 4.33. The molecule has 0 saturated carbocycles. The highest BCUT2D eigenvalue weighted by Gasteiger charge is 2.14. The molecule has 0 aromatic heterocycles. The number of hydrogen-bond acceptors (Lipinski definition) is 3. The van der Waals surface area contributed by atoms with Crippen molar-refractivity contribution in [1.82, 2.24) is 5.32 Å². The van der Waals surface area contributed by atoms with Crippen LogP contribution in [0.1, 0.15) is 57.6 Å². The Balaban J connectivity index is 2.39. The summed E-state index contributed by atoms with van der Waals surface area (Å²) in [7, 11) is 1.72. The van der Waals surface area contributed by atoms with E-state index in [0.29, 0.717) is 6.61 Å². The van der Waals surface area contributed by atoms with Crippen LogP contribution in [0.15, 0.2) is 24.3 Å². The van der Waals surface area contributed by atoms with Crippen LogP contribution in [0.4, 0.5) is 0 Å². The average molecular weight is 293 g/mol. The summed E-state index contributed by atoms with van der Waals surface area (Å²) in [6.07, 6.45) is 6.38. The zero-order valence-corrected chi connectivity index (χ0v) is 13.9. The molecular weight excluding hydrogens is 262 g/mol. The highest BCUT2D eigenvalue weighted by atomic mass is 16.5. The largest absolute Gasteiger partial charge is 0.496 e. The van der Waals surface area contributed by atoms with Gasteiger partial charge in [-0.2, -0.15) is 0 Å². The number of benzene rings is 1. The third-order valence-corrected chi connectivity index (χ3v) is 3.64. The molecule has 1 aromatic rings. The molecule has 120 valence electrons. The summed E-state index contributed by atoms with van der Waals surface area (Å²) in [4.78, 5) is 0. The summed E-state index contributed by atoms with van der Waals surface area (Å²) in [6, 6.07) is 8.36. The average Bonchev–Trinajstić information content (AvgIpc) is 2.53. The first-order valence-electron chi connectivity index (χ1n) is 8.27. The van der Waals surface area contributed by atoms with Crippen molar-refractivity contribution in [2.45, 2.75) is 52.0 Å². The maximum Gasteiger partial charge on any atom is 0.123 e.